The SMILES string of the molecule is COc1cc(C)ccc1OCc1nc(C(=O)NCc2cn(C)nc2C)co1. The van der Waals surface area contributed by atoms with E-state index >= 15 is 0 Å². The molecule has 2 aromatic heterocycles. The van der Waals surface area contributed by atoms with Crippen molar-refractivity contribution in [1.29, 1.82) is 0 Å². The minimum Gasteiger partial charge on any atom is -0.493 e. The molecule has 0 radical (unpaired) electrons. The summed E-state index contributed by atoms with van der Waals surface area (Å²) in [5.41, 5.74) is 3.09. The lowest BCUT2D eigenvalue weighted by Crippen LogP contribution is -2.23. The number of nitrogens with one attached hydrogen (secondary N) is 1. The summed E-state index contributed by atoms with van der Waals surface area (Å²) in [5.74, 6) is 1.20. The fourth-order valence-electron chi connectivity index (χ4n) is 2.60. The van der Waals surface area contributed by atoms with Crippen molar-refractivity contribution >= 4 is 5.91 Å². The molecule has 1 N–H and O–H groups in total. The zero-order valence-corrected chi connectivity index (χ0v) is 15.8. The number of rotatable bonds is 7. The molecule has 1 aromatic carbocycles. The number of nitrogens with zero attached hydrogens (tertiary/aromatic N) is 3. The first-order chi connectivity index (χ1) is 13.0. The standard InChI is InChI=1S/C19H22N4O4/c1-12-5-6-16(17(7-12)25-4)26-11-18-21-15(10-27-18)19(24)20-8-14-9-23(3)22-13(14)2/h5-7,9-10H,8,11H2,1-4H3,(H,20,24). The smallest absolute Gasteiger partial charge is 0.273 e. The van der Waals surface area contributed by atoms with Gasteiger partial charge in [-0.15, -0.1) is 0 Å². The van der Waals surface area contributed by atoms with Crippen LogP contribution >= 0.6 is 0 Å². The third kappa shape index (κ3) is 4.46. The van der Waals surface area contributed by atoms with E-state index < -0.39 is 0 Å². The predicted molar refractivity (Wildman–Crippen MR) is 97.7 cm³/mol. The Bertz CT molecular complexity index is 945. The fourth-order valence-corrected chi connectivity index (χ4v) is 2.60. The van der Waals surface area contributed by atoms with E-state index in [2.05, 4.69) is 15.4 Å². The molecular formula is C19H22N4O4. The molecular weight excluding hydrogens is 348 g/mol. The van der Waals surface area contributed by atoms with Crippen LogP contribution in [-0.4, -0.2) is 27.8 Å². The predicted octanol–water partition coefficient (Wildman–Crippen LogP) is 2.54. The van der Waals surface area contributed by atoms with Gasteiger partial charge in [0.25, 0.3) is 5.91 Å². The monoisotopic (exact) mass is 370 g/mol. The molecule has 3 aromatic rings. The first-order valence-electron chi connectivity index (χ1n) is 8.45. The van der Waals surface area contributed by atoms with Crippen molar-refractivity contribution in [3.63, 3.8) is 0 Å². The first-order valence-corrected chi connectivity index (χ1v) is 8.45. The molecule has 8 heteroatoms. The van der Waals surface area contributed by atoms with Gasteiger partial charge >= 0.3 is 0 Å². The van der Waals surface area contributed by atoms with Crippen molar-refractivity contribution in [2.45, 2.75) is 27.0 Å². The number of benzene rings is 1. The van der Waals surface area contributed by atoms with Gasteiger partial charge in [0.15, 0.2) is 23.8 Å². The van der Waals surface area contributed by atoms with Crippen LogP contribution in [0.5, 0.6) is 11.5 Å². The van der Waals surface area contributed by atoms with E-state index in [1.165, 1.54) is 6.26 Å². The molecule has 0 aliphatic rings. The molecule has 0 saturated heterocycles. The lowest BCUT2D eigenvalue weighted by Gasteiger charge is -2.09. The summed E-state index contributed by atoms with van der Waals surface area (Å²) < 4.78 is 18.0. The van der Waals surface area contributed by atoms with Crippen molar-refractivity contribution in [3.05, 3.63) is 59.1 Å². The lowest BCUT2D eigenvalue weighted by molar-refractivity contribution is 0.0945. The Labute approximate surface area is 157 Å². The number of carbonyl (C=O) groups is 1. The number of aromatic nitrogens is 3. The maximum atomic E-state index is 12.2. The van der Waals surface area contributed by atoms with Gasteiger partial charge in [0, 0.05) is 25.4 Å². The van der Waals surface area contributed by atoms with Crippen LogP contribution in [0.1, 0.15) is 33.2 Å². The molecule has 0 atom stereocenters. The van der Waals surface area contributed by atoms with Crippen molar-refractivity contribution in [2.24, 2.45) is 7.05 Å². The fraction of sp³-hybridized carbons (Fsp3) is 0.316. The minimum atomic E-state index is -0.318. The topological polar surface area (TPSA) is 91.4 Å². The highest BCUT2D eigenvalue weighted by molar-refractivity contribution is 5.91. The number of amides is 1. The van der Waals surface area contributed by atoms with E-state index in [0.29, 0.717) is 23.9 Å². The largest absolute Gasteiger partial charge is 0.493 e. The van der Waals surface area contributed by atoms with Crippen LogP contribution < -0.4 is 14.8 Å². The number of oxazole rings is 1. The van der Waals surface area contributed by atoms with Crippen LogP contribution in [0.2, 0.25) is 0 Å². The Hall–Kier alpha value is -3.29. The lowest BCUT2D eigenvalue weighted by atomic mass is 10.2. The van der Waals surface area contributed by atoms with Crippen LogP contribution in [0.15, 0.2) is 35.1 Å². The Morgan fingerprint density at radius 2 is 2.11 bits per heavy atom. The van der Waals surface area contributed by atoms with Crippen LogP contribution in [0.25, 0.3) is 0 Å². The summed E-state index contributed by atoms with van der Waals surface area (Å²) in [6, 6.07) is 5.62. The number of ether oxygens (including phenoxy) is 2. The minimum absolute atomic E-state index is 0.0917. The van der Waals surface area contributed by atoms with Crippen molar-refractivity contribution in [3.8, 4) is 11.5 Å². The van der Waals surface area contributed by atoms with Crippen molar-refractivity contribution < 1.29 is 18.7 Å². The Kier molecular flexibility index (Phi) is 5.44. The second-order valence-corrected chi connectivity index (χ2v) is 6.17. The highest BCUT2D eigenvalue weighted by Gasteiger charge is 2.14. The Morgan fingerprint density at radius 3 is 2.81 bits per heavy atom. The van der Waals surface area contributed by atoms with E-state index in [0.717, 1.165) is 16.8 Å². The third-order valence-corrected chi connectivity index (χ3v) is 4.01. The summed E-state index contributed by atoms with van der Waals surface area (Å²) >= 11 is 0. The van der Waals surface area contributed by atoms with Gasteiger partial charge in [-0.05, 0) is 31.5 Å². The molecule has 0 aliphatic heterocycles. The van der Waals surface area contributed by atoms with Gasteiger partial charge in [-0.3, -0.25) is 9.48 Å². The Morgan fingerprint density at radius 1 is 1.30 bits per heavy atom. The molecule has 27 heavy (non-hydrogen) atoms. The molecule has 1 amide bonds. The van der Waals surface area contributed by atoms with E-state index in [4.69, 9.17) is 13.9 Å². The summed E-state index contributed by atoms with van der Waals surface area (Å²) in [6.45, 7) is 4.33. The van der Waals surface area contributed by atoms with Gasteiger partial charge in [0.2, 0.25) is 5.89 Å². The normalized spacial score (nSPS) is 10.7. The van der Waals surface area contributed by atoms with Crippen LogP contribution in [-0.2, 0) is 20.2 Å². The molecule has 142 valence electrons. The summed E-state index contributed by atoms with van der Waals surface area (Å²) in [7, 11) is 3.42. The van der Waals surface area contributed by atoms with Gasteiger partial charge < -0.3 is 19.2 Å². The van der Waals surface area contributed by atoms with Crippen molar-refractivity contribution in [2.75, 3.05) is 7.11 Å². The summed E-state index contributed by atoms with van der Waals surface area (Å²) in [5, 5.41) is 7.05. The van der Waals surface area contributed by atoms with E-state index in [9.17, 15) is 4.79 Å². The number of aryl methyl sites for hydroxylation is 3. The number of carbonyl (C=O) groups excluding carboxylic acids is 1. The highest BCUT2D eigenvalue weighted by Crippen LogP contribution is 2.28. The third-order valence-electron chi connectivity index (χ3n) is 4.01. The molecule has 0 spiro atoms. The van der Waals surface area contributed by atoms with Gasteiger partial charge in [0.05, 0.1) is 12.8 Å². The van der Waals surface area contributed by atoms with Gasteiger partial charge in [0.1, 0.15) is 6.26 Å². The first kappa shape index (κ1) is 18.5. The van der Waals surface area contributed by atoms with E-state index in [-0.39, 0.29) is 18.2 Å². The van der Waals surface area contributed by atoms with Crippen LogP contribution in [0.4, 0.5) is 0 Å². The molecule has 0 saturated carbocycles. The molecule has 0 fully saturated rings. The van der Waals surface area contributed by atoms with E-state index in [1.54, 1.807) is 11.8 Å². The average Bonchev–Trinajstić information content (AvgIpc) is 3.24. The number of hydrogen-bond donors (Lipinski definition) is 1. The van der Waals surface area contributed by atoms with Crippen LogP contribution in [0, 0.1) is 13.8 Å². The molecule has 0 unspecified atom stereocenters. The number of methoxy groups -OCH3 is 1. The van der Waals surface area contributed by atoms with Gasteiger partial charge in [-0.25, -0.2) is 4.98 Å². The Balaban J connectivity index is 1.58. The molecule has 0 bridgehead atoms. The van der Waals surface area contributed by atoms with Gasteiger partial charge in [-0.2, -0.15) is 5.10 Å². The van der Waals surface area contributed by atoms with E-state index in [1.807, 2.05) is 45.3 Å². The maximum absolute atomic E-state index is 12.2. The second-order valence-electron chi connectivity index (χ2n) is 6.17. The molecule has 3 rings (SSSR count). The average molecular weight is 370 g/mol. The molecule has 2 heterocycles. The van der Waals surface area contributed by atoms with Gasteiger partial charge in [-0.1, -0.05) is 6.07 Å². The quantitative estimate of drug-likeness (QED) is 0.687. The summed E-state index contributed by atoms with van der Waals surface area (Å²) in [4.78, 5) is 16.4. The zero-order chi connectivity index (χ0) is 19.4. The molecule has 8 nitrogen and oxygen atoms in total. The summed E-state index contributed by atoms with van der Waals surface area (Å²) in [6.07, 6.45) is 3.18. The van der Waals surface area contributed by atoms with Crippen LogP contribution in [0.3, 0.4) is 0 Å². The second kappa shape index (κ2) is 7.94. The maximum Gasteiger partial charge on any atom is 0.273 e. The highest BCUT2D eigenvalue weighted by atomic mass is 16.5. The zero-order valence-electron chi connectivity index (χ0n) is 15.8. The number of hydrogen-bond acceptors (Lipinski definition) is 6. The molecule has 0 aliphatic carbocycles. The van der Waals surface area contributed by atoms with Crippen molar-refractivity contribution in [1.82, 2.24) is 20.1 Å².